The minimum atomic E-state index is -0.817. The maximum Gasteiger partial charge on any atom is 0.322 e. The number of aliphatic carboxylic acids is 1. The molecule has 1 saturated heterocycles. The lowest BCUT2D eigenvalue weighted by Gasteiger charge is -2.18. The minimum absolute atomic E-state index is 0.0457. The number of rotatable bonds is 4. The molecule has 1 aromatic carbocycles. The predicted octanol–water partition coefficient (Wildman–Crippen LogP) is 2.22. The van der Waals surface area contributed by atoms with Gasteiger partial charge in [-0.2, -0.15) is 0 Å². The molecule has 4 nitrogen and oxygen atoms in total. The van der Waals surface area contributed by atoms with Crippen molar-refractivity contribution in [2.24, 2.45) is 0 Å². The first kappa shape index (κ1) is 14.4. The van der Waals surface area contributed by atoms with Gasteiger partial charge in [-0.3, -0.25) is 10.2 Å². The largest absolute Gasteiger partial charge is 0.480 e. The van der Waals surface area contributed by atoms with E-state index in [9.17, 15) is 9.90 Å². The van der Waals surface area contributed by atoms with Crippen LogP contribution in [0.2, 0.25) is 0 Å². The number of carboxylic acids is 1. The zero-order valence-corrected chi connectivity index (χ0v) is 12.2. The second-order valence-corrected chi connectivity index (χ2v) is 6.80. The van der Waals surface area contributed by atoms with E-state index in [0.29, 0.717) is 5.25 Å². The highest BCUT2D eigenvalue weighted by atomic mass is 32.2. The van der Waals surface area contributed by atoms with Crippen LogP contribution in [0.5, 0.6) is 0 Å². The molecule has 3 N–H and O–H groups in total. The van der Waals surface area contributed by atoms with Gasteiger partial charge in [-0.05, 0) is 24.6 Å². The molecular formula is C14H20N2O2S. The van der Waals surface area contributed by atoms with Crippen molar-refractivity contribution in [2.75, 3.05) is 0 Å². The molecule has 1 aliphatic heterocycles. The molecule has 0 radical (unpaired) electrons. The van der Waals surface area contributed by atoms with E-state index in [1.165, 1.54) is 4.90 Å². The second kappa shape index (κ2) is 5.94. The van der Waals surface area contributed by atoms with Crippen molar-refractivity contribution in [3.8, 4) is 0 Å². The molecule has 5 heteroatoms. The summed E-state index contributed by atoms with van der Waals surface area (Å²) in [5.74, 6) is -0.863. The first-order valence-corrected chi connectivity index (χ1v) is 7.37. The van der Waals surface area contributed by atoms with E-state index in [2.05, 4.69) is 36.8 Å². The summed E-state index contributed by atoms with van der Waals surface area (Å²) < 4.78 is 0. The Morgan fingerprint density at radius 1 is 1.26 bits per heavy atom. The van der Waals surface area contributed by atoms with Gasteiger partial charge in [0.05, 0.1) is 0 Å². The van der Waals surface area contributed by atoms with Gasteiger partial charge in [0.1, 0.15) is 6.04 Å². The Balaban J connectivity index is 2.18. The standard InChI is InChI=1S/C14H20N2O2S/c1-8(2)19-11-6-4-10(5-7-11)12-9(3)15-16-13(12)14(17)18/h4-9,12-13,15-16H,1-3H3,(H,17,18). The van der Waals surface area contributed by atoms with E-state index in [4.69, 9.17) is 0 Å². The van der Waals surface area contributed by atoms with Crippen LogP contribution >= 0.6 is 11.8 Å². The Bertz CT molecular complexity index is 447. The van der Waals surface area contributed by atoms with E-state index >= 15 is 0 Å². The van der Waals surface area contributed by atoms with Gasteiger partial charge in [0.25, 0.3) is 0 Å². The highest BCUT2D eigenvalue weighted by molar-refractivity contribution is 7.99. The first-order valence-electron chi connectivity index (χ1n) is 6.49. The number of hydrogen-bond donors (Lipinski definition) is 3. The molecule has 0 aliphatic carbocycles. The van der Waals surface area contributed by atoms with Crippen molar-refractivity contribution in [1.82, 2.24) is 10.9 Å². The first-order chi connectivity index (χ1) is 8.99. The molecule has 19 heavy (non-hydrogen) atoms. The molecule has 1 heterocycles. The average molecular weight is 280 g/mol. The molecule has 0 saturated carbocycles. The Kier molecular flexibility index (Phi) is 4.50. The van der Waals surface area contributed by atoms with Gasteiger partial charge in [0.2, 0.25) is 0 Å². The molecule has 0 bridgehead atoms. The molecule has 3 atom stereocenters. The van der Waals surface area contributed by atoms with Gasteiger partial charge in [0, 0.05) is 22.1 Å². The van der Waals surface area contributed by atoms with Crippen LogP contribution in [-0.4, -0.2) is 28.4 Å². The lowest BCUT2D eigenvalue weighted by molar-refractivity contribution is -0.139. The van der Waals surface area contributed by atoms with E-state index in [1.807, 2.05) is 30.8 Å². The Labute approximate surface area is 117 Å². The van der Waals surface area contributed by atoms with Crippen molar-refractivity contribution in [2.45, 2.75) is 48.9 Å². The Hall–Kier alpha value is -1.04. The fourth-order valence-electron chi connectivity index (χ4n) is 2.43. The number of nitrogens with one attached hydrogen (secondary N) is 2. The number of carbonyl (C=O) groups is 1. The molecule has 104 valence electrons. The Morgan fingerprint density at radius 2 is 1.89 bits per heavy atom. The molecule has 0 amide bonds. The summed E-state index contributed by atoms with van der Waals surface area (Å²) in [7, 11) is 0. The summed E-state index contributed by atoms with van der Waals surface area (Å²) in [6, 6.07) is 7.75. The van der Waals surface area contributed by atoms with E-state index < -0.39 is 12.0 Å². The van der Waals surface area contributed by atoms with Gasteiger partial charge in [-0.1, -0.05) is 26.0 Å². The normalized spacial score (nSPS) is 26.8. The summed E-state index contributed by atoms with van der Waals surface area (Å²) in [5.41, 5.74) is 6.92. The van der Waals surface area contributed by atoms with Gasteiger partial charge in [0.15, 0.2) is 0 Å². The smallest absolute Gasteiger partial charge is 0.322 e. The fraction of sp³-hybridized carbons (Fsp3) is 0.500. The quantitative estimate of drug-likeness (QED) is 0.738. The lowest BCUT2D eigenvalue weighted by atomic mass is 9.88. The SMILES string of the molecule is CC(C)Sc1ccc(C2C(C)NNC2C(=O)O)cc1. The predicted molar refractivity (Wildman–Crippen MR) is 77.3 cm³/mol. The average Bonchev–Trinajstić information content (AvgIpc) is 2.71. The topological polar surface area (TPSA) is 61.4 Å². The van der Waals surface area contributed by atoms with Crippen LogP contribution in [0.15, 0.2) is 29.2 Å². The summed E-state index contributed by atoms with van der Waals surface area (Å²) in [5, 5.41) is 9.78. The van der Waals surface area contributed by atoms with E-state index in [-0.39, 0.29) is 12.0 Å². The van der Waals surface area contributed by atoms with Crippen LogP contribution in [0, 0.1) is 0 Å². The van der Waals surface area contributed by atoms with Crippen molar-refractivity contribution in [3.05, 3.63) is 29.8 Å². The molecule has 1 aromatic rings. The molecule has 1 fully saturated rings. The minimum Gasteiger partial charge on any atom is -0.480 e. The van der Waals surface area contributed by atoms with Crippen LogP contribution in [0.1, 0.15) is 32.3 Å². The van der Waals surface area contributed by atoms with Crippen LogP contribution < -0.4 is 10.9 Å². The maximum absolute atomic E-state index is 11.2. The number of carboxylic acid groups (broad SMARTS) is 1. The third-order valence-electron chi connectivity index (χ3n) is 3.27. The van der Waals surface area contributed by atoms with E-state index in [1.54, 1.807) is 0 Å². The third kappa shape index (κ3) is 3.29. The van der Waals surface area contributed by atoms with Crippen molar-refractivity contribution < 1.29 is 9.90 Å². The van der Waals surface area contributed by atoms with Crippen LogP contribution in [-0.2, 0) is 4.79 Å². The Morgan fingerprint density at radius 3 is 2.42 bits per heavy atom. The second-order valence-electron chi connectivity index (χ2n) is 5.15. The van der Waals surface area contributed by atoms with Crippen molar-refractivity contribution in [1.29, 1.82) is 0 Å². The lowest BCUT2D eigenvalue weighted by Crippen LogP contribution is -2.38. The van der Waals surface area contributed by atoms with Crippen molar-refractivity contribution >= 4 is 17.7 Å². The number of benzene rings is 1. The molecule has 0 spiro atoms. The zero-order chi connectivity index (χ0) is 14.0. The number of hydrogen-bond acceptors (Lipinski definition) is 4. The fourth-order valence-corrected chi connectivity index (χ4v) is 3.26. The maximum atomic E-state index is 11.2. The van der Waals surface area contributed by atoms with Crippen LogP contribution in [0.4, 0.5) is 0 Å². The monoisotopic (exact) mass is 280 g/mol. The highest BCUT2D eigenvalue weighted by Gasteiger charge is 2.38. The number of hydrazine groups is 1. The summed E-state index contributed by atoms with van der Waals surface area (Å²) in [6.45, 7) is 6.31. The van der Waals surface area contributed by atoms with E-state index in [0.717, 1.165) is 5.56 Å². The molecule has 1 aliphatic rings. The van der Waals surface area contributed by atoms with Crippen LogP contribution in [0.25, 0.3) is 0 Å². The molecular weight excluding hydrogens is 260 g/mol. The van der Waals surface area contributed by atoms with Crippen molar-refractivity contribution in [3.63, 3.8) is 0 Å². The molecule has 3 unspecified atom stereocenters. The highest BCUT2D eigenvalue weighted by Crippen LogP contribution is 2.30. The van der Waals surface area contributed by atoms with Gasteiger partial charge in [-0.25, -0.2) is 5.43 Å². The summed E-state index contributed by atoms with van der Waals surface area (Å²) >= 11 is 1.81. The van der Waals surface area contributed by atoms with Gasteiger partial charge >= 0.3 is 5.97 Å². The summed E-state index contributed by atoms with van der Waals surface area (Å²) in [6.07, 6.45) is 0. The number of thioether (sulfide) groups is 1. The van der Waals surface area contributed by atoms with Gasteiger partial charge < -0.3 is 5.11 Å². The van der Waals surface area contributed by atoms with Gasteiger partial charge in [-0.15, -0.1) is 11.8 Å². The molecule has 2 rings (SSSR count). The zero-order valence-electron chi connectivity index (χ0n) is 11.4. The summed E-state index contributed by atoms with van der Waals surface area (Å²) in [4.78, 5) is 12.5. The van der Waals surface area contributed by atoms with Crippen LogP contribution in [0.3, 0.4) is 0 Å². The third-order valence-corrected chi connectivity index (χ3v) is 4.28. The molecule has 0 aromatic heterocycles.